The Morgan fingerprint density at radius 3 is 2.81 bits per heavy atom. The Hall–Kier alpha value is -2.30. The number of nitrogens with zero attached hydrogens (tertiary/aromatic N) is 3. The molecule has 2 rings (SSSR count). The molecule has 0 amide bonds. The Labute approximate surface area is 125 Å². The minimum Gasteiger partial charge on any atom is -0.370 e. The zero-order valence-electron chi connectivity index (χ0n) is 12.5. The molecule has 3 N–H and O–H groups in total. The van der Waals surface area contributed by atoms with Crippen molar-refractivity contribution >= 4 is 5.96 Å². The third-order valence-corrected chi connectivity index (χ3v) is 3.22. The Kier molecular flexibility index (Phi) is 5.82. The van der Waals surface area contributed by atoms with Crippen molar-refractivity contribution in [1.29, 1.82) is 0 Å². The zero-order valence-corrected chi connectivity index (χ0v) is 12.5. The Morgan fingerprint density at radius 2 is 2.14 bits per heavy atom. The number of guanidine groups is 1. The number of hydrogen-bond donors (Lipinski definition) is 2. The van der Waals surface area contributed by atoms with E-state index in [4.69, 9.17) is 5.73 Å². The first-order chi connectivity index (χ1) is 10.3. The van der Waals surface area contributed by atoms with Gasteiger partial charge < -0.3 is 11.1 Å². The average molecular weight is 285 g/mol. The molecular weight excluding hydrogens is 262 g/mol. The Bertz CT molecular complexity index is 543. The summed E-state index contributed by atoms with van der Waals surface area (Å²) < 4.78 is 1.85. The summed E-state index contributed by atoms with van der Waals surface area (Å²) in [5.74, 6) is 0.539. The van der Waals surface area contributed by atoms with E-state index in [9.17, 15) is 0 Å². The van der Waals surface area contributed by atoms with Gasteiger partial charge in [-0.15, -0.1) is 0 Å². The van der Waals surface area contributed by atoms with Gasteiger partial charge in [0, 0.05) is 25.5 Å². The molecule has 0 saturated carbocycles. The van der Waals surface area contributed by atoms with Gasteiger partial charge in [0.1, 0.15) is 0 Å². The number of nitrogens with two attached hydrogens (primary N) is 1. The number of aromatic nitrogens is 2. The normalized spacial score (nSPS) is 11.6. The lowest BCUT2D eigenvalue weighted by Crippen LogP contribution is -2.33. The highest BCUT2D eigenvalue weighted by molar-refractivity contribution is 5.77. The van der Waals surface area contributed by atoms with E-state index in [0.717, 1.165) is 38.0 Å². The van der Waals surface area contributed by atoms with E-state index in [2.05, 4.69) is 46.6 Å². The van der Waals surface area contributed by atoms with Gasteiger partial charge in [-0.1, -0.05) is 25.5 Å². The van der Waals surface area contributed by atoms with Gasteiger partial charge in [0.05, 0.1) is 5.69 Å². The molecule has 112 valence electrons. The Balaban J connectivity index is 1.77. The highest BCUT2D eigenvalue weighted by Gasteiger charge is 1.98. The monoisotopic (exact) mass is 285 g/mol. The number of hydrogen-bond acceptors (Lipinski definition) is 2. The van der Waals surface area contributed by atoms with E-state index in [1.165, 1.54) is 5.56 Å². The minimum absolute atomic E-state index is 0.539. The molecule has 1 aromatic heterocycles. The van der Waals surface area contributed by atoms with Gasteiger partial charge in [-0.05, 0) is 36.6 Å². The second-order valence-corrected chi connectivity index (χ2v) is 4.91. The molecule has 5 nitrogen and oxygen atoms in total. The van der Waals surface area contributed by atoms with Crippen molar-refractivity contribution < 1.29 is 0 Å². The average Bonchev–Trinajstić information content (AvgIpc) is 3.02. The highest BCUT2D eigenvalue weighted by Crippen LogP contribution is 2.08. The predicted molar refractivity (Wildman–Crippen MR) is 86.7 cm³/mol. The van der Waals surface area contributed by atoms with E-state index in [1.807, 2.05) is 16.9 Å². The topological polar surface area (TPSA) is 68.2 Å². The molecule has 1 heterocycles. The SMILES string of the molecule is CCCCN=C(N)NCCc1ccc(-n2cccn2)cc1. The quantitative estimate of drug-likeness (QED) is 0.465. The summed E-state index contributed by atoms with van der Waals surface area (Å²) in [7, 11) is 0. The fourth-order valence-electron chi connectivity index (χ4n) is 1.99. The maximum atomic E-state index is 5.79. The van der Waals surface area contributed by atoms with Crippen LogP contribution in [0.4, 0.5) is 0 Å². The molecular formula is C16H23N5. The van der Waals surface area contributed by atoms with Crippen LogP contribution in [0.2, 0.25) is 0 Å². The number of unbranched alkanes of at least 4 members (excludes halogenated alkanes) is 1. The van der Waals surface area contributed by atoms with Crippen LogP contribution < -0.4 is 11.1 Å². The Morgan fingerprint density at radius 1 is 1.33 bits per heavy atom. The van der Waals surface area contributed by atoms with Crippen LogP contribution in [-0.2, 0) is 6.42 Å². The largest absolute Gasteiger partial charge is 0.370 e. The van der Waals surface area contributed by atoms with E-state index < -0.39 is 0 Å². The summed E-state index contributed by atoms with van der Waals surface area (Å²) >= 11 is 0. The predicted octanol–water partition coefficient (Wildman–Crippen LogP) is 2.12. The van der Waals surface area contributed by atoms with Crippen LogP contribution >= 0.6 is 0 Å². The molecule has 0 unspecified atom stereocenters. The lowest BCUT2D eigenvalue weighted by atomic mass is 10.1. The van der Waals surface area contributed by atoms with E-state index in [1.54, 1.807) is 6.20 Å². The van der Waals surface area contributed by atoms with Gasteiger partial charge >= 0.3 is 0 Å². The number of aliphatic imine (C=N–C) groups is 1. The summed E-state index contributed by atoms with van der Waals surface area (Å²) in [4.78, 5) is 4.26. The molecule has 0 saturated heterocycles. The maximum Gasteiger partial charge on any atom is 0.188 e. The fraction of sp³-hybridized carbons (Fsp3) is 0.375. The molecule has 0 atom stereocenters. The molecule has 5 heteroatoms. The van der Waals surface area contributed by atoms with Crippen molar-refractivity contribution in [3.63, 3.8) is 0 Å². The van der Waals surface area contributed by atoms with Crippen LogP contribution in [0.25, 0.3) is 5.69 Å². The molecule has 0 fully saturated rings. The molecule has 0 bridgehead atoms. The van der Waals surface area contributed by atoms with Crippen molar-refractivity contribution in [2.45, 2.75) is 26.2 Å². The number of rotatable bonds is 7. The second kappa shape index (κ2) is 8.09. The minimum atomic E-state index is 0.539. The van der Waals surface area contributed by atoms with Gasteiger partial charge in [0.25, 0.3) is 0 Å². The molecule has 0 aliphatic heterocycles. The summed E-state index contributed by atoms with van der Waals surface area (Å²) in [6, 6.07) is 10.3. The summed E-state index contributed by atoms with van der Waals surface area (Å²) in [6.45, 7) is 3.74. The molecule has 1 aromatic carbocycles. The zero-order chi connectivity index (χ0) is 14.9. The highest BCUT2D eigenvalue weighted by atomic mass is 15.3. The molecule has 0 radical (unpaired) electrons. The van der Waals surface area contributed by atoms with Crippen molar-refractivity contribution in [3.05, 3.63) is 48.3 Å². The first kappa shape index (κ1) is 15.1. The van der Waals surface area contributed by atoms with Gasteiger partial charge in [-0.3, -0.25) is 4.99 Å². The van der Waals surface area contributed by atoms with Crippen molar-refractivity contribution in [1.82, 2.24) is 15.1 Å². The molecule has 0 spiro atoms. The maximum absolute atomic E-state index is 5.79. The summed E-state index contributed by atoms with van der Waals surface area (Å²) in [5.41, 5.74) is 8.12. The fourth-order valence-corrected chi connectivity index (χ4v) is 1.99. The lowest BCUT2D eigenvalue weighted by molar-refractivity contribution is 0.790. The van der Waals surface area contributed by atoms with Gasteiger partial charge in [0.2, 0.25) is 0 Å². The third kappa shape index (κ3) is 4.95. The van der Waals surface area contributed by atoms with Crippen LogP contribution in [0, 0.1) is 0 Å². The van der Waals surface area contributed by atoms with E-state index in [-0.39, 0.29) is 0 Å². The van der Waals surface area contributed by atoms with Crippen LogP contribution in [-0.4, -0.2) is 28.8 Å². The van der Waals surface area contributed by atoms with Gasteiger partial charge in [-0.25, -0.2) is 4.68 Å². The third-order valence-electron chi connectivity index (χ3n) is 3.22. The van der Waals surface area contributed by atoms with Crippen molar-refractivity contribution in [2.75, 3.05) is 13.1 Å². The summed E-state index contributed by atoms with van der Waals surface area (Å²) in [5, 5.41) is 7.35. The van der Waals surface area contributed by atoms with Crippen LogP contribution in [0.3, 0.4) is 0 Å². The molecule has 2 aromatic rings. The van der Waals surface area contributed by atoms with Crippen LogP contribution in [0.5, 0.6) is 0 Å². The van der Waals surface area contributed by atoms with Crippen LogP contribution in [0.15, 0.2) is 47.7 Å². The second-order valence-electron chi connectivity index (χ2n) is 4.91. The van der Waals surface area contributed by atoms with E-state index in [0.29, 0.717) is 5.96 Å². The number of nitrogens with one attached hydrogen (secondary N) is 1. The molecule has 0 aliphatic rings. The summed E-state index contributed by atoms with van der Waals surface area (Å²) in [6.07, 6.45) is 6.85. The van der Waals surface area contributed by atoms with Crippen molar-refractivity contribution in [2.24, 2.45) is 10.7 Å². The molecule has 21 heavy (non-hydrogen) atoms. The molecule has 0 aliphatic carbocycles. The number of benzene rings is 1. The van der Waals surface area contributed by atoms with Crippen molar-refractivity contribution in [3.8, 4) is 5.69 Å². The smallest absolute Gasteiger partial charge is 0.188 e. The first-order valence-electron chi connectivity index (χ1n) is 7.42. The first-order valence-corrected chi connectivity index (χ1v) is 7.42. The van der Waals surface area contributed by atoms with Crippen LogP contribution in [0.1, 0.15) is 25.3 Å². The lowest BCUT2D eigenvalue weighted by Gasteiger charge is -2.07. The standard InChI is InChI=1S/C16H23N5/c1-2-3-10-18-16(17)19-12-9-14-5-7-15(8-6-14)21-13-4-11-20-21/h4-8,11,13H,2-3,9-10,12H2,1H3,(H3,17,18,19). The van der Waals surface area contributed by atoms with Gasteiger partial charge in [0.15, 0.2) is 5.96 Å². The van der Waals surface area contributed by atoms with E-state index >= 15 is 0 Å². The van der Waals surface area contributed by atoms with Gasteiger partial charge in [-0.2, -0.15) is 5.10 Å².